The van der Waals surface area contributed by atoms with Crippen LogP contribution in [0.5, 0.6) is 11.5 Å². The molecule has 3 aromatic rings. The molecule has 5 heteroatoms. The predicted octanol–water partition coefficient (Wildman–Crippen LogP) is 4.51. The summed E-state index contributed by atoms with van der Waals surface area (Å²) in [6.07, 6.45) is 1.33. The molecule has 0 aliphatic rings. The fourth-order valence-corrected chi connectivity index (χ4v) is 2.22. The summed E-state index contributed by atoms with van der Waals surface area (Å²) in [5.74, 6) is -1.12. The van der Waals surface area contributed by atoms with Crippen LogP contribution in [0.4, 0.5) is 8.78 Å². The van der Waals surface area contributed by atoms with Gasteiger partial charge in [-0.1, -0.05) is 18.2 Å². The second kappa shape index (κ2) is 5.52. The van der Waals surface area contributed by atoms with E-state index in [1.165, 1.54) is 37.4 Å². The van der Waals surface area contributed by atoms with Crippen LogP contribution in [-0.2, 0) is 0 Å². The molecule has 3 rings (SSSR count). The molecular formula is C17H11F2NO2. The first-order valence-corrected chi connectivity index (χ1v) is 6.58. The number of aromatic nitrogens is 1. The van der Waals surface area contributed by atoms with E-state index in [1.54, 1.807) is 18.2 Å². The predicted molar refractivity (Wildman–Crippen MR) is 78.2 cm³/mol. The number of nitrogens with zero attached hydrogens (tertiary/aromatic N) is 1. The van der Waals surface area contributed by atoms with Crippen LogP contribution in [0.15, 0.2) is 48.7 Å². The summed E-state index contributed by atoms with van der Waals surface area (Å²) in [4.78, 5) is 15.5. The zero-order valence-electron chi connectivity index (χ0n) is 11.6. The average Bonchev–Trinajstić information content (AvgIpc) is 2.47. The Morgan fingerprint density at radius 2 is 1.82 bits per heavy atom. The number of hydrogen-bond acceptors (Lipinski definition) is 3. The molecule has 0 spiro atoms. The molecule has 2 aromatic carbocycles. The lowest BCUT2D eigenvalue weighted by Gasteiger charge is -2.10. The smallest absolute Gasteiger partial charge is 0.166 e. The van der Waals surface area contributed by atoms with Gasteiger partial charge in [0.05, 0.1) is 11.8 Å². The van der Waals surface area contributed by atoms with E-state index in [-0.39, 0.29) is 16.8 Å². The van der Waals surface area contributed by atoms with Crippen molar-refractivity contribution in [1.29, 1.82) is 0 Å². The Kier molecular flexibility index (Phi) is 3.55. The van der Waals surface area contributed by atoms with Crippen LogP contribution >= 0.6 is 0 Å². The van der Waals surface area contributed by atoms with E-state index in [4.69, 9.17) is 4.74 Å². The summed E-state index contributed by atoms with van der Waals surface area (Å²) in [6, 6.07) is 10.3. The van der Waals surface area contributed by atoms with Gasteiger partial charge in [0.2, 0.25) is 0 Å². The SMILES string of the molecule is CC(=O)c1c(F)cccc1Oc1cnc2c(F)cccc2c1. The maximum Gasteiger partial charge on any atom is 0.166 e. The molecule has 0 radical (unpaired) electrons. The zero-order valence-corrected chi connectivity index (χ0v) is 11.6. The van der Waals surface area contributed by atoms with Crippen molar-refractivity contribution in [2.24, 2.45) is 0 Å². The highest BCUT2D eigenvalue weighted by Gasteiger charge is 2.15. The number of para-hydroxylation sites is 1. The molecule has 1 aromatic heterocycles. The summed E-state index contributed by atoms with van der Waals surface area (Å²) >= 11 is 0. The van der Waals surface area contributed by atoms with Crippen molar-refractivity contribution in [3.63, 3.8) is 0 Å². The largest absolute Gasteiger partial charge is 0.455 e. The molecule has 1 heterocycles. The van der Waals surface area contributed by atoms with Crippen molar-refractivity contribution in [1.82, 2.24) is 4.98 Å². The van der Waals surface area contributed by atoms with Crippen molar-refractivity contribution >= 4 is 16.7 Å². The fourth-order valence-electron chi connectivity index (χ4n) is 2.22. The van der Waals surface area contributed by atoms with Gasteiger partial charge in [0.25, 0.3) is 0 Å². The first-order chi connectivity index (χ1) is 10.6. The van der Waals surface area contributed by atoms with Gasteiger partial charge in [0.15, 0.2) is 5.78 Å². The number of benzene rings is 2. The molecule has 0 N–H and O–H groups in total. The third-order valence-corrected chi connectivity index (χ3v) is 3.19. The number of carbonyl (C=O) groups is 1. The van der Waals surface area contributed by atoms with Crippen molar-refractivity contribution in [3.8, 4) is 11.5 Å². The topological polar surface area (TPSA) is 39.2 Å². The number of ether oxygens (including phenoxy) is 1. The molecule has 0 fully saturated rings. The standard InChI is InChI=1S/C17H11F2NO2/c1-10(21)16-13(18)5-3-7-15(16)22-12-8-11-4-2-6-14(19)17(11)20-9-12/h2-9H,1H3. The molecule has 0 unspecified atom stereocenters. The maximum atomic E-state index is 13.7. The molecule has 0 saturated heterocycles. The maximum absolute atomic E-state index is 13.7. The Morgan fingerprint density at radius 3 is 2.59 bits per heavy atom. The van der Waals surface area contributed by atoms with E-state index in [2.05, 4.69) is 4.98 Å². The van der Waals surface area contributed by atoms with E-state index < -0.39 is 17.4 Å². The highest BCUT2D eigenvalue weighted by molar-refractivity contribution is 5.97. The second-order valence-electron chi connectivity index (χ2n) is 4.75. The molecule has 0 atom stereocenters. The molecule has 22 heavy (non-hydrogen) atoms. The third kappa shape index (κ3) is 2.53. The number of carbonyl (C=O) groups excluding carboxylic acids is 1. The van der Waals surface area contributed by atoms with Crippen LogP contribution in [0.2, 0.25) is 0 Å². The lowest BCUT2D eigenvalue weighted by atomic mass is 10.1. The molecule has 0 amide bonds. The van der Waals surface area contributed by atoms with Gasteiger partial charge < -0.3 is 4.74 Å². The Morgan fingerprint density at radius 1 is 1.09 bits per heavy atom. The van der Waals surface area contributed by atoms with Crippen LogP contribution in [0.1, 0.15) is 17.3 Å². The average molecular weight is 299 g/mol. The molecule has 0 aliphatic heterocycles. The number of rotatable bonds is 3. The Balaban J connectivity index is 2.04. The molecule has 0 saturated carbocycles. The van der Waals surface area contributed by atoms with Crippen LogP contribution in [0.25, 0.3) is 10.9 Å². The quantitative estimate of drug-likeness (QED) is 0.668. The summed E-state index contributed by atoms with van der Waals surface area (Å²) in [6.45, 7) is 1.26. The van der Waals surface area contributed by atoms with Crippen molar-refractivity contribution in [2.45, 2.75) is 6.92 Å². The van der Waals surface area contributed by atoms with Crippen LogP contribution in [0.3, 0.4) is 0 Å². The van der Waals surface area contributed by atoms with Gasteiger partial charge in [-0.2, -0.15) is 0 Å². The first-order valence-electron chi connectivity index (χ1n) is 6.58. The molecule has 110 valence electrons. The minimum Gasteiger partial charge on any atom is -0.455 e. The number of Topliss-reactive ketones (excluding diaryl/α,β-unsaturated/α-hetero) is 1. The highest BCUT2D eigenvalue weighted by atomic mass is 19.1. The molecule has 3 nitrogen and oxygen atoms in total. The summed E-state index contributed by atoms with van der Waals surface area (Å²) in [5, 5.41) is 0.554. The number of ketones is 1. The number of pyridine rings is 1. The van der Waals surface area contributed by atoms with Crippen molar-refractivity contribution < 1.29 is 18.3 Å². The van der Waals surface area contributed by atoms with Gasteiger partial charge in [-0.3, -0.25) is 4.79 Å². The first kappa shape index (κ1) is 14.1. The molecular weight excluding hydrogens is 288 g/mol. The normalized spacial score (nSPS) is 10.7. The third-order valence-electron chi connectivity index (χ3n) is 3.19. The van der Waals surface area contributed by atoms with E-state index >= 15 is 0 Å². The lowest BCUT2D eigenvalue weighted by Crippen LogP contribution is -2.01. The number of hydrogen-bond donors (Lipinski definition) is 0. The van der Waals surface area contributed by atoms with Crippen molar-refractivity contribution in [3.05, 3.63) is 65.9 Å². The van der Waals surface area contributed by atoms with Gasteiger partial charge >= 0.3 is 0 Å². The summed E-state index contributed by atoms with van der Waals surface area (Å²) in [7, 11) is 0. The molecule has 0 bridgehead atoms. The van der Waals surface area contributed by atoms with Crippen LogP contribution in [0, 0.1) is 11.6 Å². The number of fused-ring (bicyclic) bond motifs is 1. The van der Waals surface area contributed by atoms with E-state index in [9.17, 15) is 13.6 Å². The fraction of sp³-hybridized carbons (Fsp3) is 0.0588. The summed E-state index contributed by atoms with van der Waals surface area (Å²) in [5.41, 5.74) is 0.0997. The van der Waals surface area contributed by atoms with Gasteiger partial charge in [0.1, 0.15) is 28.7 Å². The minimum atomic E-state index is -0.648. The Labute approximate surface area is 125 Å². The van der Waals surface area contributed by atoms with E-state index in [0.29, 0.717) is 11.1 Å². The Hall–Kier alpha value is -2.82. The minimum absolute atomic E-state index is 0.102. The van der Waals surface area contributed by atoms with Crippen molar-refractivity contribution in [2.75, 3.05) is 0 Å². The van der Waals surface area contributed by atoms with Gasteiger partial charge in [-0.05, 0) is 31.2 Å². The highest BCUT2D eigenvalue weighted by Crippen LogP contribution is 2.29. The van der Waals surface area contributed by atoms with Crippen LogP contribution < -0.4 is 4.74 Å². The Bertz CT molecular complexity index is 878. The zero-order chi connectivity index (χ0) is 15.7. The molecule has 0 aliphatic carbocycles. The van der Waals surface area contributed by atoms with E-state index in [1.807, 2.05) is 0 Å². The van der Waals surface area contributed by atoms with Gasteiger partial charge in [-0.15, -0.1) is 0 Å². The second-order valence-corrected chi connectivity index (χ2v) is 4.75. The summed E-state index contributed by atoms with van der Waals surface area (Å²) < 4.78 is 32.9. The van der Waals surface area contributed by atoms with E-state index in [0.717, 1.165) is 0 Å². The number of halogens is 2. The van der Waals surface area contributed by atoms with Gasteiger partial charge in [0, 0.05) is 5.39 Å². The van der Waals surface area contributed by atoms with Crippen LogP contribution in [-0.4, -0.2) is 10.8 Å². The lowest BCUT2D eigenvalue weighted by molar-refractivity contribution is 0.101. The van der Waals surface area contributed by atoms with Gasteiger partial charge in [-0.25, -0.2) is 13.8 Å². The monoisotopic (exact) mass is 299 g/mol.